The lowest BCUT2D eigenvalue weighted by atomic mass is 9.93. The van der Waals surface area contributed by atoms with E-state index < -0.39 is 5.67 Å². The number of rotatable bonds is 7. The monoisotopic (exact) mass is 245 g/mol. The number of halogens is 1. The number of hydrogen-bond donors (Lipinski definition) is 0. The van der Waals surface area contributed by atoms with Crippen LogP contribution in [0, 0.1) is 11.3 Å². The lowest BCUT2D eigenvalue weighted by Crippen LogP contribution is -2.16. The third-order valence-electron chi connectivity index (χ3n) is 2.95. The van der Waals surface area contributed by atoms with Gasteiger partial charge < -0.3 is 0 Å². The zero-order chi connectivity index (χ0) is 13.3. The quantitative estimate of drug-likeness (QED) is 0.495. The van der Waals surface area contributed by atoms with E-state index in [9.17, 15) is 4.39 Å². The van der Waals surface area contributed by atoms with Crippen molar-refractivity contribution in [1.29, 1.82) is 5.26 Å². The minimum Gasteiger partial charge on any atom is -0.222 e. The Morgan fingerprint density at radius 1 is 1.22 bits per heavy atom. The van der Waals surface area contributed by atoms with Crippen LogP contribution in [0.4, 0.5) is 4.39 Å². The molecule has 0 radical (unpaired) electrons. The maximum absolute atomic E-state index is 14.4. The summed E-state index contributed by atoms with van der Waals surface area (Å²) in [5.41, 5.74) is -1.46. The molecule has 0 saturated heterocycles. The van der Waals surface area contributed by atoms with E-state index in [2.05, 4.69) is 6.92 Å². The average Bonchev–Trinajstić information content (AvgIpc) is 2.43. The summed E-state index contributed by atoms with van der Waals surface area (Å²) >= 11 is 0. The van der Waals surface area contributed by atoms with Gasteiger partial charge in [-0.2, -0.15) is 5.26 Å². The van der Waals surface area contributed by atoms with Gasteiger partial charge in [0.2, 0.25) is 5.67 Å². The molecule has 0 spiro atoms. The molecule has 0 N–H and O–H groups in total. The normalized spacial score (nSPS) is 14.3. The maximum Gasteiger partial charge on any atom is 0.224 e. The molecule has 2 heteroatoms. The van der Waals surface area contributed by atoms with Crippen LogP contribution in [0.15, 0.2) is 42.5 Å². The van der Waals surface area contributed by atoms with E-state index in [1.54, 1.807) is 36.4 Å². The molecule has 0 fully saturated rings. The van der Waals surface area contributed by atoms with Crippen molar-refractivity contribution in [2.45, 2.75) is 44.7 Å². The highest BCUT2D eigenvalue weighted by Crippen LogP contribution is 2.29. The summed E-state index contributed by atoms with van der Waals surface area (Å²) in [4.78, 5) is 0. The van der Waals surface area contributed by atoms with Crippen molar-refractivity contribution in [2.24, 2.45) is 0 Å². The Morgan fingerprint density at radius 2 is 1.94 bits per heavy atom. The summed E-state index contributed by atoms with van der Waals surface area (Å²) in [5.74, 6) is 0. The van der Waals surface area contributed by atoms with E-state index >= 15 is 0 Å². The summed E-state index contributed by atoms with van der Waals surface area (Å²) in [6, 6.07) is 10.4. The third-order valence-corrected chi connectivity index (χ3v) is 2.95. The number of nitrogens with zero attached hydrogens (tertiary/aromatic N) is 1. The molecule has 0 aromatic heterocycles. The van der Waals surface area contributed by atoms with Crippen molar-refractivity contribution in [3.63, 3.8) is 0 Å². The molecule has 1 aromatic carbocycles. The first kappa shape index (κ1) is 14.4. The van der Waals surface area contributed by atoms with Crippen LogP contribution in [-0.2, 0) is 5.67 Å². The van der Waals surface area contributed by atoms with Crippen molar-refractivity contribution < 1.29 is 4.39 Å². The molecule has 1 nitrogen and oxygen atoms in total. The Bertz CT molecular complexity index is 405. The SMILES string of the molecule is CCCCC/C=C/CC(F)(C#N)c1ccccc1. The van der Waals surface area contributed by atoms with Crippen molar-refractivity contribution in [2.75, 3.05) is 0 Å². The molecule has 1 unspecified atom stereocenters. The molecule has 0 bridgehead atoms. The molecular weight excluding hydrogens is 225 g/mol. The van der Waals surface area contributed by atoms with Gasteiger partial charge in [0.25, 0.3) is 0 Å². The van der Waals surface area contributed by atoms with Gasteiger partial charge in [0, 0.05) is 12.0 Å². The highest BCUT2D eigenvalue weighted by atomic mass is 19.1. The van der Waals surface area contributed by atoms with Crippen LogP contribution < -0.4 is 0 Å². The molecule has 0 aliphatic carbocycles. The smallest absolute Gasteiger partial charge is 0.222 e. The number of allylic oxidation sites excluding steroid dienone is 2. The Balaban J connectivity index is 2.54. The summed E-state index contributed by atoms with van der Waals surface area (Å²) in [6.07, 6.45) is 8.36. The van der Waals surface area contributed by atoms with Gasteiger partial charge in [-0.25, -0.2) is 4.39 Å². The standard InChI is InChI=1S/C16H20FN/c1-2-3-4-5-6-10-13-16(17,14-18)15-11-8-7-9-12-15/h6-12H,2-5,13H2,1H3/b10-6+. The van der Waals surface area contributed by atoms with Crippen molar-refractivity contribution >= 4 is 0 Å². The molecule has 18 heavy (non-hydrogen) atoms. The lowest BCUT2D eigenvalue weighted by Gasteiger charge is -2.15. The molecule has 1 rings (SSSR count). The van der Waals surface area contributed by atoms with E-state index in [0.29, 0.717) is 5.56 Å². The zero-order valence-electron chi connectivity index (χ0n) is 10.9. The number of nitriles is 1. The minimum absolute atomic E-state index is 0.125. The topological polar surface area (TPSA) is 23.8 Å². The van der Waals surface area contributed by atoms with Gasteiger partial charge in [-0.1, -0.05) is 62.2 Å². The van der Waals surface area contributed by atoms with Gasteiger partial charge in [-0.05, 0) is 12.8 Å². The number of unbranched alkanes of at least 4 members (excludes halogenated alkanes) is 3. The Kier molecular flexibility index (Phi) is 6.14. The van der Waals surface area contributed by atoms with Gasteiger partial charge in [-0.15, -0.1) is 0 Å². The van der Waals surface area contributed by atoms with Crippen molar-refractivity contribution in [3.8, 4) is 6.07 Å². The zero-order valence-corrected chi connectivity index (χ0v) is 10.9. The first-order valence-corrected chi connectivity index (χ1v) is 6.53. The number of alkyl halides is 1. The Labute approximate surface area is 109 Å². The molecular formula is C16H20FN. The maximum atomic E-state index is 14.4. The van der Waals surface area contributed by atoms with E-state index in [1.165, 1.54) is 12.8 Å². The molecule has 0 aliphatic heterocycles. The number of benzene rings is 1. The van der Waals surface area contributed by atoms with E-state index in [0.717, 1.165) is 12.8 Å². The Hall–Kier alpha value is -1.62. The van der Waals surface area contributed by atoms with Crippen LogP contribution in [0.5, 0.6) is 0 Å². The van der Waals surface area contributed by atoms with E-state index in [1.807, 2.05) is 12.1 Å². The van der Waals surface area contributed by atoms with Gasteiger partial charge in [0.15, 0.2) is 0 Å². The molecule has 0 amide bonds. The summed E-state index contributed by atoms with van der Waals surface area (Å²) in [7, 11) is 0. The van der Waals surface area contributed by atoms with Gasteiger partial charge >= 0.3 is 0 Å². The molecule has 0 aliphatic rings. The van der Waals surface area contributed by atoms with Crippen LogP contribution in [0.3, 0.4) is 0 Å². The average molecular weight is 245 g/mol. The van der Waals surface area contributed by atoms with Gasteiger partial charge in [0.1, 0.15) is 6.07 Å². The number of hydrogen-bond acceptors (Lipinski definition) is 1. The van der Waals surface area contributed by atoms with E-state index in [-0.39, 0.29) is 6.42 Å². The molecule has 0 saturated carbocycles. The summed E-state index contributed by atoms with van der Waals surface area (Å²) < 4.78 is 14.4. The molecule has 1 atom stereocenters. The second kappa shape index (κ2) is 7.66. The second-order valence-electron chi connectivity index (χ2n) is 4.45. The van der Waals surface area contributed by atoms with Gasteiger partial charge in [0.05, 0.1) is 0 Å². The molecule has 96 valence electrons. The predicted molar refractivity (Wildman–Crippen MR) is 72.7 cm³/mol. The highest BCUT2D eigenvalue weighted by molar-refractivity contribution is 5.29. The first-order chi connectivity index (χ1) is 8.73. The lowest BCUT2D eigenvalue weighted by molar-refractivity contribution is 0.248. The highest BCUT2D eigenvalue weighted by Gasteiger charge is 2.29. The minimum atomic E-state index is -1.90. The van der Waals surface area contributed by atoms with Crippen LogP contribution in [-0.4, -0.2) is 0 Å². The fourth-order valence-electron chi connectivity index (χ4n) is 1.81. The second-order valence-corrected chi connectivity index (χ2v) is 4.45. The predicted octanol–water partition coefficient (Wildman–Crippen LogP) is 4.90. The fraction of sp³-hybridized carbons (Fsp3) is 0.438. The van der Waals surface area contributed by atoms with E-state index in [4.69, 9.17) is 5.26 Å². The summed E-state index contributed by atoms with van der Waals surface area (Å²) in [5, 5.41) is 9.02. The van der Waals surface area contributed by atoms with Crippen LogP contribution in [0.2, 0.25) is 0 Å². The molecule has 1 aromatic rings. The van der Waals surface area contributed by atoms with Gasteiger partial charge in [-0.3, -0.25) is 0 Å². The van der Waals surface area contributed by atoms with Crippen LogP contribution >= 0.6 is 0 Å². The van der Waals surface area contributed by atoms with Crippen molar-refractivity contribution in [3.05, 3.63) is 48.0 Å². The first-order valence-electron chi connectivity index (χ1n) is 6.53. The fourth-order valence-corrected chi connectivity index (χ4v) is 1.81. The summed E-state index contributed by atoms with van der Waals surface area (Å²) in [6.45, 7) is 2.15. The van der Waals surface area contributed by atoms with Crippen LogP contribution in [0.1, 0.15) is 44.6 Å². The van der Waals surface area contributed by atoms with Crippen molar-refractivity contribution in [1.82, 2.24) is 0 Å². The third kappa shape index (κ3) is 4.33. The Morgan fingerprint density at radius 3 is 2.56 bits per heavy atom. The molecule has 0 heterocycles. The largest absolute Gasteiger partial charge is 0.224 e. The van der Waals surface area contributed by atoms with Crippen LogP contribution in [0.25, 0.3) is 0 Å².